The van der Waals surface area contributed by atoms with Crippen LogP contribution < -0.4 is 0 Å². The molecular weight excluding hydrogens is 620 g/mol. The van der Waals surface area contributed by atoms with Gasteiger partial charge < -0.3 is 24.1 Å². The zero-order valence-corrected chi connectivity index (χ0v) is 28.2. The average molecular weight is 665 g/mol. The number of rotatable bonds is 18. The Hall–Kier alpha value is -4.88. The fourth-order valence-corrected chi connectivity index (χ4v) is 6.19. The smallest absolute Gasteiger partial charge is 0.143 e. The molecule has 0 radical (unpaired) electrons. The number of aliphatic hydroxyl groups excluding tert-OH is 1. The van der Waals surface area contributed by atoms with Gasteiger partial charge in [0, 0.05) is 0 Å². The second-order valence-corrected chi connectivity index (χ2v) is 12.3. The molecule has 0 aromatic heterocycles. The van der Waals surface area contributed by atoms with Gasteiger partial charge in [0.1, 0.15) is 23.9 Å². The second-order valence-electron chi connectivity index (χ2n) is 12.3. The summed E-state index contributed by atoms with van der Waals surface area (Å²) in [5.74, 6) is 0. The third kappa shape index (κ3) is 9.21. The molecule has 254 valence electrons. The van der Waals surface area contributed by atoms with Crippen molar-refractivity contribution in [1.29, 1.82) is 0 Å². The molecule has 0 amide bonds. The van der Waals surface area contributed by atoms with E-state index in [1.807, 2.05) is 146 Å². The molecule has 6 aromatic rings. The Kier molecular flexibility index (Phi) is 12.7. The van der Waals surface area contributed by atoms with Gasteiger partial charge >= 0.3 is 0 Å². The molecule has 0 heterocycles. The van der Waals surface area contributed by atoms with Gasteiger partial charge in [-0.3, -0.25) is 0 Å². The SMILES string of the molecule is O[C@H](COCc1ccccc1)[C@@H](OCc1ccccc1)[C@@H](COC(c1ccccc1)(c1ccccc1)c1ccccc1)OCc1ccccc1. The lowest BCUT2D eigenvalue weighted by Gasteiger charge is -2.39. The summed E-state index contributed by atoms with van der Waals surface area (Å²) in [6.07, 6.45) is -2.47. The maximum Gasteiger partial charge on any atom is 0.143 e. The maximum atomic E-state index is 11.8. The molecule has 5 nitrogen and oxygen atoms in total. The Morgan fingerprint density at radius 3 is 1.20 bits per heavy atom. The van der Waals surface area contributed by atoms with Crippen LogP contribution in [0.4, 0.5) is 0 Å². The van der Waals surface area contributed by atoms with Gasteiger partial charge in [0.25, 0.3) is 0 Å². The highest BCUT2D eigenvalue weighted by Crippen LogP contribution is 2.41. The van der Waals surface area contributed by atoms with E-state index in [-0.39, 0.29) is 19.8 Å². The van der Waals surface area contributed by atoms with Crippen LogP contribution in [-0.4, -0.2) is 36.6 Å². The zero-order chi connectivity index (χ0) is 34.3. The summed E-state index contributed by atoms with van der Waals surface area (Å²) in [5, 5.41) is 11.8. The summed E-state index contributed by atoms with van der Waals surface area (Å²) in [6.45, 7) is 1.14. The topological polar surface area (TPSA) is 57.2 Å². The van der Waals surface area contributed by atoms with Gasteiger partial charge in [-0.15, -0.1) is 0 Å². The van der Waals surface area contributed by atoms with E-state index in [1.54, 1.807) is 0 Å². The Labute approximate surface area is 295 Å². The molecule has 0 fully saturated rings. The Morgan fingerprint density at radius 1 is 0.420 bits per heavy atom. The van der Waals surface area contributed by atoms with Crippen molar-refractivity contribution in [3.8, 4) is 0 Å². The number of ether oxygens (including phenoxy) is 4. The quantitative estimate of drug-likeness (QED) is 0.0932. The standard InChI is InChI=1S/C45H44O5/c46-42(34-47-31-36-19-7-1-8-20-36)44(49-33-38-23-11-3-12-24-38)43(48-32-37-21-9-2-10-22-37)35-50-45(39-25-13-4-14-26-39,40-27-15-5-16-28-40)41-29-17-6-18-30-41/h1-30,42-44,46H,31-35H2/t42-,43-,44-/m1/s1. The largest absolute Gasteiger partial charge is 0.388 e. The van der Waals surface area contributed by atoms with Crippen molar-refractivity contribution in [2.45, 2.75) is 43.7 Å². The van der Waals surface area contributed by atoms with Crippen LogP contribution in [0, 0.1) is 0 Å². The number of aliphatic hydroxyl groups is 1. The minimum atomic E-state index is -1.01. The van der Waals surface area contributed by atoms with Crippen molar-refractivity contribution in [3.63, 3.8) is 0 Å². The molecular formula is C45H44O5. The van der Waals surface area contributed by atoms with Crippen LogP contribution in [0.15, 0.2) is 182 Å². The number of benzene rings is 6. The summed E-state index contributed by atoms with van der Waals surface area (Å²) in [5.41, 5.74) is 4.99. The monoisotopic (exact) mass is 664 g/mol. The molecule has 0 aliphatic heterocycles. The van der Waals surface area contributed by atoms with Gasteiger partial charge in [-0.1, -0.05) is 182 Å². The van der Waals surface area contributed by atoms with Crippen molar-refractivity contribution in [2.24, 2.45) is 0 Å². The van der Waals surface area contributed by atoms with E-state index in [0.29, 0.717) is 13.2 Å². The highest BCUT2D eigenvalue weighted by Gasteiger charge is 2.40. The number of hydrogen-bond donors (Lipinski definition) is 1. The van der Waals surface area contributed by atoms with Gasteiger partial charge in [0.15, 0.2) is 0 Å². The van der Waals surface area contributed by atoms with Crippen molar-refractivity contribution in [2.75, 3.05) is 13.2 Å². The van der Waals surface area contributed by atoms with Crippen molar-refractivity contribution in [3.05, 3.63) is 215 Å². The van der Waals surface area contributed by atoms with Gasteiger partial charge in [-0.2, -0.15) is 0 Å². The first kappa shape index (κ1) is 35.0. The van der Waals surface area contributed by atoms with Crippen LogP contribution in [0.25, 0.3) is 0 Å². The summed E-state index contributed by atoms with van der Waals surface area (Å²) in [7, 11) is 0. The van der Waals surface area contributed by atoms with Gasteiger partial charge in [0.2, 0.25) is 0 Å². The van der Waals surface area contributed by atoms with E-state index >= 15 is 0 Å². The normalized spacial score (nSPS) is 13.4. The fraction of sp³-hybridized carbons (Fsp3) is 0.200. The van der Waals surface area contributed by atoms with Gasteiger partial charge in [-0.05, 0) is 33.4 Å². The molecule has 0 spiro atoms. The van der Waals surface area contributed by atoms with Gasteiger partial charge in [-0.25, -0.2) is 0 Å². The Bertz CT molecular complexity index is 1690. The van der Waals surface area contributed by atoms with E-state index in [0.717, 1.165) is 33.4 Å². The lowest BCUT2D eigenvalue weighted by atomic mass is 9.80. The first-order chi connectivity index (χ1) is 24.7. The van der Waals surface area contributed by atoms with E-state index in [9.17, 15) is 5.11 Å². The average Bonchev–Trinajstić information content (AvgIpc) is 3.19. The van der Waals surface area contributed by atoms with Crippen molar-refractivity contribution in [1.82, 2.24) is 0 Å². The van der Waals surface area contributed by atoms with E-state index < -0.39 is 23.9 Å². The van der Waals surface area contributed by atoms with Crippen LogP contribution in [-0.2, 0) is 44.4 Å². The lowest BCUT2D eigenvalue weighted by molar-refractivity contribution is -0.173. The third-order valence-corrected chi connectivity index (χ3v) is 8.74. The summed E-state index contributed by atoms with van der Waals surface area (Å²) < 4.78 is 26.6. The molecule has 5 heteroatoms. The Morgan fingerprint density at radius 2 is 0.780 bits per heavy atom. The molecule has 1 N–H and O–H groups in total. The predicted octanol–water partition coefficient (Wildman–Crippen LogP) is 8.74. The number of hydrogen-bond acceptors (Lipinski definition) is 5. The van der Waals surface area contributed by atoms with E-state index in [2.05, 4.69) is 36.4 Å². The summed E-state index contributed by atoms with van der Waals surface area (Å²) in [4.78, 5) is 0. The first-order valence-corrected chi connectivity index (χ1v) is 17.1. The van der Waals surface area contributed by atoms with Crippen LogP contribution >= 0.6 is 0 Å². The minimum Gasteiger partial charge on any atom is -0.388 e. The molecule has 0 bridgehead atoms. The highest BCUT2D eigenvalue weighted by atomic mass is 16.6. The predicted molar refractivity (Wildman–Crippen MR) is 197 cm³/mol. The van der Waals surface area contributed by atoms with Crippen LogP contribution in [0.1, 0.15) is 33.4 Å². The molecule has 0 aliphatic carbocycles. The molecule has 0 saturated heterocycles. The molecule has 0 unspecified atom stereocenters. The first-order valence-electron chi connectivity index (χ1n) is 17.1. The van der Waals surface area contributed by atoms with Crippen molar-refractivity contribution < 1.29 is 24.1 Å². The van der Waals surface area contributed by atoms with Crippen LogP contribution in [0.3, 0.4) is 0 Å². The minimum absolute atomic E-state index is 0.0563. The van der Waals surface area contributed by atoms with E-state index in [1.165, 1.54) is 0 Å². The molecule has 3 atom stereocenters. The highest BCUT2D eigenvalue weighted by molar-refractivity contribution is 5.47. The van der Waals surface area contributed by atoms with E-state index in [4.69, 9.17) is 18.9 Å². The van der Waals surface area contributed by atoms with Crippen molar-refractivity contribution >= 4 is 0 Å². The fourth-order valence-electron chi connectivity index (χ4n) is 6.19. The molecule has 6 rings (SSSR count). The summed E-state index contributed by atoms with van der Waals surface area (Å²) >= 11 is 0. The molecule has 6 aromatic carbocycles. The lowest BCUT2D eigenvalue weighted by Crippen LogP contribution is -2.47. The molecule has 0 aliphatic rings. The second kappa shape index (κ2) is 18.2. The molecule has 0 saturated carbocycles. The molecule has 50 heavy (non-hydrogen) atoms. The van der Waals surface area contributed by atoms with Crippen LogP contribution in [0.2, 0.25) is 0 Å². The summed E-state index contributed by atoms with van der Waals surface area (Å²) in [6, 6.07) is 60.7. The zero-order valence-electron chi connectivity index (χ0n) is 28.2. The third-order valence-electron chi connectivity index (χ3n) is 8.74. The van der Waals surface area contributed by atoms with Crippen LogP contribution in [0.5, 0.6) is 0 Å². The Balaban J connectivity index is 1.35. The maximum absolute atomic E-state index is 11.8. The van der Waals surface area contributed by atoms with Gasteiger partial charge in [0.05, 0.1) is 33.0 Å².